The maximum absolute atomic E-state index is 12.5. The van der Waals surface area contributed by atoms with Crippen molar-refractivity contribution in [2.24, 2.45) is 0 Å². The molecule has 21 heavy (non-hydrogen) atoms. The van der Waals surface area contributed by atoms with Gasteiger partial charge in [-0.05, 0) is 32.4 Å². The molecule has 6 heteroatoms. The van der Waals surface area contributed by atoms with E-state index >= 15 is 0 Å². The highest BCUT2D eigenvalue weighted by molar-refractivity contribution is 5.94. The Morgan fingerprint density at radius 1 is 1.43 bits per heavy atom. The van der Waals surface area contributed by atoms with Gasteiger partial charge >= 0.3 is 5.97 Å². The molecule has 0 saturated heterocycles. The second kappa shape index (κ2) is 5.95. The molecule has 0 aromatic carbocycles. The van der Waals surface area contributed by atoms with E-state index in [1.54, 1.807) is 6.20 Å². The van der Waals surface area contributed by atoms with Crippen LogP contribution in [0.5, 0.6) is 0 Å². The Labute approximate surface area is 123 Å². The number of carboxylic acids is 1. The number of fused-ring (bicyclic) bond motifs is 1. The maximum atomic E-state index is 12.5. The first-order valence-electron chi connectivity index (χ1n) is 6.91. The summed E-state index contributed by atoms with van der Waals surface area (Å²) in [6.07, 6.45) is 2.34. The van der Waals surface area contributed by atoms with E-state index in [2.05, 4.69) is 4.98 Å². The summed E-state index contributed by atoms with van der Waals surface area (Å²) < 4.78 is 1.82. The first-order chi connectivity index (χ1) is 9.93. The van der Waals surface area contributed by atoms with E-state index in [9.17, 15) is 9.59 Å². The van der Waals surface area contributed by atoms with Gasteiger partial charge in [-0.15, -0.1) is 0 Å². The zero-order valence-corrected chi connectivity index (χ0v) is 12.4. The number of carbonyl (C=O) groups excluding carboxylic acids is 1. The standard InChI is InChI=1S/C15H19N3O3/c1-4-10(2)18(9-14(19)20)15(21)12-8-17-11(3)6-5-7-13(17)16-12/h5-8,10H,4,9H2,1-3H3,(H,19,20). The number of pyridine rings is 1. The van der Waals surface area contributed by atoms with E-state index in [1.165, 1.54) is 4.90 Å². The van der Waals surface area contributed by atoms with E-state index < -0.39 is 5.97 Å². The fourth-order valence-electron chi connectivity index (χ4n) is 2.19. The molecule has 0 bridgehead atoms. The number of hydrogen-bond donors (Lipinski definition) is 1. The molecule has 2 heterocycles. The van der Waals surface area contributed by atoms with Crippen molar-refractivity contribution in [3.05, 3.63) is 35.8 Å². The number of hydrogen-bond acceptors (Lipinski definition) is 3. The summed E-state index contributed by atoms with van der Waals surface area (Å²) in [6.45, 7) is 5.36. The average Bonchev–Trinajstić information content (AvgIpc) is 2.88. The third-order valence-electron chi connectivity index (χ3n) is 3.60. The number of carbonyl (C=O) groups is 2. The first kappa shape index (κ1) is 15.0. The van der Waals surface area contributed by atoms with Crippen LogP contribution >= 0.6 is 0 Å². The van der Waals surface area contributed by atoms with Crippen molar-refractivity contribution < 1.29 is 14.7 Å². The molecule has 1 N–H and O–H groups in total. The average molecular weight is 289 g/mol. The Hall–Kier alpha value is -2.37. The monoisotopic (exact) mass is 289 g/mol. The maximum Gasteiger partial charge on any atom is 0.323 e. The fourth-order valence-corrected chi connectivity index (χ4v) is 2.19. The van der Waals surface area contributed by atoms with Crippen LogP contribution in [0.2, 0.25) is 0 Å². The first-order valence-corrected chi connectivity index (χ1v) is 6.91. The molecule has 0 fully saturated rings. The van der Waals surface area contributed by atoms with Gasteiger partial charge in [-0.2, -0.15) is 0 Å². The van der Waals surface area contributed by atoms with E-state index in [-0.39, 0.29) is 24.2 Å². The summed E-state index contributed by atoms with van der Waals surface area (Å²) in [7, 11) is 0. The molecule has 2 aromatic rings. The zero-order chi connectivity index (χ0) is 15.6. The molecule has 112 valence electrons. The van der Waals surface area contributed by atoms with Gasteiger partial charge in [-0.1, -0.05) is 13.0 Å². The van der Waals surface area contributed by atoms with Crippen molar-refractivity contribution >= 4 is 17.5 Å². The topological polar surface area (TPSA) is 74.9 Å². The molecule has 1 unspecified atom stereocenters. The summed E-state index contributed by atoms with van der Waals surface area (Å²) in [5.41, 5.74) is 1.91. The molecular weight excluding hydrogens is 270 g/mol. The molecule has 0 aliphatic rings. The molecule has 6 nitrogen and oxygen atoms in total. The molecular formula is C15H19N3O3. The summed E-state index contributed by atoms with van der Waals surface area (Å²) in [4.78, 5) is 29.2. The smallest absolute Gasteiger partial charge is 0.323 e. The van der Waals surface area contributed by atoms with E-state index in [0.29, 0.717) is 12.1 Å². The molecule has 0 aliphatic carbocycles. The molecule has 1 amide bonds. The van der Waals surface area contributed by atoms with Crippen molar-refractivity contribution in [2.45, 2.75) is 33.2 Å². The lowest BCUT2D eigenvalue weighted by Crippen LogP contribution is -2.42. The number of aryl methyl sites for hydroxylation is 1. The minimum absolute atomic E-state index is 0.153. The van der Waals surface area contributed by atoms with Crippen LogP contribution in [0.3, 0.4) is 0 Å². The third-order valence-corrected chi connectivity index (χ3v) is 3.60. The molecule has 0 aliphatic heterocycles. The highest BCUT2D eigenvalue weighted by Crippen LogP contribution is 2.13. The summed E-state index contributed by atoms with van der Waals surface area (Å²) in [5, 5.41) is 8.99. The lowest BCUT2D eigenvalue weighted by atomic mass is 10.2. The Balaban J connectivity index is 2.38. The van der Waals surface area contributed by atoms with E-state index in [0.717, 1.165) is 5.69 Å². The van der Waals surface area contributed by atoms with Crippen molar-refractivity contribution in [2.75, 3.05) is 6.54 Å². The van der Waals surface area contributed by atoms with Crippen LogP contribution in [0.4, 0.5) is 0 Å². The van der Waals surface area contributed by atoms with Gasteiger partial charge in [0.05, 0.1) is 0 Å². The predicted octanol–water partition coefficient (Wildman–Crippen LogP) is 1.97. The van der Waals surface area contributed by atoms with Crippen LogP contribution in [-0.4, -0.2) is 43.9 Å². The molecule has 1 atom stereocenters. The highest BCUT2D eigenvalue weighted by Gasteiger charge is 2.25. The van der Waals surface area contributed by atoms with Crippen LogP contribution in [0, 0.1) is 6.92 Å². The van der Waals surface area contributed by atoms with Gasteiger partial charge in [-0.25, -0.2) is 4.98 Å². The Morgan fingerprint density at radius 3 is 2.71 bits per heavy atom. The molecule has 0 saturated carbocycles. The Morgan fingerprint density at radius 2 is 2.14 bits per heavy atom. The number of nitrogens with zero attached hydrogens (tertiary/aromatic N) is 3. The number of aliphatic carboxylic acids is 1. The lowest BCUT2D eigenvalue weighted by Gasteiger charge is -2.26. The second-order valence-corrected chi connectivity index (χ2v) is 5.11. The third kappa shape index (κ3) is 3.04. The molecule has 0 spiro atoms. The van der Waals surface area contributed by atoms with Gasteiger partial charge in [-0.3, -0.25) is 9.59 Å². The van der Waals surface area contributed by atoms with Crippen LogP contribution < -0.4 is 0 Å². The van der Waals surface area contributed by atoms with Crippen molar-refractivity contribution in [3.63, 3.8) is 0 Å². The minimum atomic E-state index is -1.02. The quantitative estimate of drug-likeness (QED) is 0.913. The Kier molecular flexibility index (Phi) is 4.26. The number of aromatic nitrogens is 2. The summed E-state index contributed by atoms with van der Waals surface area (Å²) in [5.74, 6) is -1.38. The minimum Gasteiger partial charge on any atom is -0.480 e. The van der Waals surface area contributed by atoms with Crippen LogP contribution in [0.1, 0.15) is 36.5 Å². The van der Waals surface area contributed by atoms with Crippen LogP contribution in [0.15, 0.2) is 24.4 Å². The SMILES string of the molecule is CCC(C)N(CC(=O)O)C(=O)c1cn2c(C)cccc2n1. The summed E-state index contributed by atoms with van der Waals surface area (Å²) in [6, 6.07) is 5.45. The molecule has 2 rings (SSSR count). The van der Waals surface area contributed by atoms with Gasteiger partial charge in [0.1, 0.15) is 17.9 Å². The number of amides is 1. The highest BCUT2D eigenvalue weighted by atomic mass is 16.4. The van der Waals surface area contributed by atoms with Crippen LogP contribution in [-0.2, 0) is 4.79 Å². The lowest BCUT2D eigenvalue weighted by molar-refractivity contribution is -0.138. The van der Waals surface area contributed by atoms with Crippen molar-refractivity contribution in [1.82, 2.24) is 14.3 Å². The van der Waals surface area contributed by atoms with Crippen molar-refractivity contribution in [3.8, 4) is 0 Å². The van der Waals surface area contributed by atoms with E-state index in [4.69, 9.17) is 5.11 Å². The van der Waals surface area contributed by atoms with Gasteiger partial charge in [0.25, 0.3) is 5.91 Å². The molecule has 2 aromatic heterocycles. The largest absolute Gasteiger partial charge is 0.480 e. The normalized spacial score (nSPS) is 12.3. The zero-order valence-electron chi connectivity index (χ0n) is 12.4. The predicted molar refractivity (Wildman–Crippen MR) is 78.4 cm³/mol. The van der Waals surface area contributed by atoms with Gasteiger partial charge in [0, 0.05) is 17.9 Å². The summed E-state index contributed by atoms with van der Waals surface area (Å²) >= 11 is 0. The molecule has 0 radical (unpaired) electrons. The number of imidazole rings is 1. The number of carboxylic acid groups (broad SMARTS) is 1. The Bertz CT molecular complexity index is 678. The number of rotatable bonds is 5. The van der Waals surface area contributed by atoms with Gasteiger partial charge in [0.15, 0.2) is 0 Å². The fraction of sp³-hybridized carbons (Fsp3) is 0.400. The van der Waals surface area contributed by atoms with Gasteiger partial charge in [0.2, 0.25) is 0 Å². The van der Waals surface area contributed by atoms with Crippen molar-refractivity contribution in [1.29, 1.82) is 0 Å². The second-order valence-electron chi connectivity index (χ2n) is 5.11. The van der Waals surface area contributed by atoms with Gasteiger partial charge < -0.3 is 14.4 Å². The van der Waals surface area contributed by atoms with E-state index in [1.807, 2.05) is 43.4 Å². The van der Waals surface area contributed by atoms with Crippen LogP contribution in [0.25, 0.3) is 5.65 Å².